The van der Waals surface area contributed by atoms with Crippen molar-refractivity contribution in [1.82, 2.24) is 9.80 Å². The molecule has 3 aliphatic heterocycles. The molecule has 0 bridgehead atoms. The first-order valence-electron chi connectivity index (χ1n) is 9.09. The van der Waals surface area contributed by atoms with E-state index < -0.39 is 6.03 Å². The zero-order valence-corrected chi connectivity index (χ0v) is 13.6. The number of fused-ring (bicyclic) bond motifs is 2. The minimum Gasteiger partial charge on any atom is -0.370 e. The summed E-state index contributed by atoms with van der Waals surface area (Å²) in [6, 6.07) is -0.428. The van der Waals surface area contributed by atoms with Gasteiger partial charge in [-0.1, -0.05) is 0 Å². The largest absolute Gasteiger partial charge is 0.370 e. The van der Waals surface area contributed by atoms with E-state index in [1.807, 2.05) is 0 Å². The molecule has 3 heterocycles. The van der Waals surface area contributed by atoms with Gasteiger partial charge < -0.3 is 9.47 Å². The van der Waals surface area contributed by atoms with Crippen molar-refractivity contribution >= 4 is 17.8 Å². The van der Waals surface area contributed by atoms with Gasteiger partial charge in [-0.15, -0.1) is 0 Å². The summed E-state index contributed by atoms with van der Waals surface area (Å²) in [7, 11) is 0. The van der Waals surface area contributed by atoms with Gasteiger partial charge in [0, 0.05) is 24.9 Å². The molecule has 4 amide bonds. The van der Waals surface area contributed by atoms with Gasteiger partial charge in [0.25, 0.3) is 0 Å². The van der Waals surface area contributed by atoms with Crippen molar-refractivity contribution in [1.29, 1.82) is 0 Å². The highest BCUT2D eigenvalue weighted by molar-refractivity contribution is 6.04. The molecule has 0 unspecified atom stereocenters. The number of amides is 4. The van der Waals surface area contributed by atoms with Crippen LogP contribution in [0.2, 0.25) is 0 Å². The fourth-order valence-electron chi connectivity index (χ4n) is 4.64. The van der Waals surface area contributed by atoms with Crippen LogP contribution in [-0.4, -0.2) is 65.2 Å². The molecule has 24 heavy (non-hydrogen) atoms. The van der Waals surface area contributed by atoms with Crippen LogP contribution in [0.15, 0.2) is 0 Å². The maximum atomic E-state index is 12.7. The van der Waals surface area contributed by atoms with Crippen LogP contribution in [-0.2, 0) is 19.1 Å². The van der Waals surface area contributed by atoms with E-state index in [4.69, 9.17) is 9.47 Å². The van der Waals surface area contributed by atoms with Gasteiger partial charge in [0.05, 0.1) is 24.4 Å². The number of urea groups is 1. The lowest BCUT2D eigenvalue weighted by Gasteiger charge is -2.25. The lowest BCUT2D eigenvalue weighted by Crippen LogP contribution is -2.44. The Bertz CT molecular complexity index is 558. The number of hydrogen-bond donors (Lipinski definition) is 0. The van der Waals surface area contributed by atoms with Gasteiger partial charge in [-0.3, -0.25) is 19.4 Å². The van der Waals surface area contributed by atoms with Crippen LogP contribution in [0, 0.1) is 11.8 Å². The van der Waals surface area contributed by atoms with Crippen LogP contribution in [0.25, 0.3) is 0 Å². The predicted molar refractivity (Wildman–Crippen MR) is 80.8 cm³/mol. The second-order valence-electron chi connectivity index (χ2n) is 7.71. The molecule has 3 saturated heterocycles. The van der Waals surface area contributed by atoms with Crippen LogP contribution in [0.3, 0.4) is 0 Å². The third-order valence-electron chi connectivity index (χ3n) is 6.25. The maximum Gasteiger partial charge on any atom is 0.333 e. The molecule has 0 N–H and O–H groups in total. The molecule has 5 aliphatic rings. The topological polar surface area (TPSA) is 82.8 Å². The minimum absolute atomic E-state index is 0.126. The van der Waals surface area contributed by atoms with Gasteiger partial charge >= 0.3 is 6.03 Å². The fourth-order valence-corrected chi connectivity index (χ4v) is 4.64. The number of carbonyl (C=O) groups is 3. The van der Waals surface area contributed by atoms with Gasteiger partial charge in [0.15, 0.2) is 0 Å². The first-order valence-corrected chi connectivity index (χ1v) is 9.09. The van der Waals surface area contributed by atoms with Gasteiger partial charge in [0.1, 0.15) is 0 Å². The van der Waals surface area contributed by atoms with Crippen LogP contribution in [0.1, 0.15) is 38.5 Å². The Labute approximate surface area is 140 Å². The van der Waals surface area contributed by atoms with E-state index in [1.165, 1.54) is 9.80 Å². The highest BCUT2D eigenvalue weighted by atomic mass is 16.6. The second-order valence-corrected chi connectivity index (χ2v) is 7.71. The molecule has 5 rings (SSSR count). The number of rotatable bonds is 2. The van der Waals surface area contributed by atoms with Gasteiger partial charge in [-0.05, 0) is 38.5 Å². The summed E-state index contributed by atoms with van der Waals surface area (Å²) < 4.78 is 10.9. The first kappa shape index (κ1) is 14.8. The highest BCUT2D eigenvalue weighted by Gasteiger charge is 2.50. The van der Waals surface area contributed by atoms with Crippen molar-refractivity contribution in [3.8, 4) is 0 Å². The number of nitrogens with zero attached hydrogens (tertiary/aromatic N) is 2. The molecule has 0 aromatic carbocycles. The molecule has 7 heteroatoms. The van der Waals surface area contributed by atoms with Crippen molar-refractivity contribution < 1.29 is 23.9 Å². The third-order valence-corrected chi connectivity index (χ3v) is 6.25. The van der Waals surface area contributed by atoms with E-state index in [9.17, 15) is 14.4 Å². The number of hydrogen-bond acceptors (Lipinski definition) is 5. The molecule has 0 spiro atoms. The average molecular weight is 334 g/mol. The van der Waals surface area contributed by atoms with Crippen molar-refractivity contribution in [2.24, 2.45) is 11.8 Å². The summed E-state index contributed by atoms with van der Waals surface area (Å²) in [6.45, 7) is 0.647. The lowest BCUT2D eigenvalue weighted by molar-refractivity contribution is -0.133. The summed E-state index contributed by atoms with van der Waals surface area (Å²) in [4.78, 5) is 40.5. The Morgan fingerprint density at radius 1 is 0.750 bits per heavy atom. The van der Waals surface area contributed by atoms with Crippen LogP contribution >= 0.6 is 0 Å². The summed E-state index contributed by atoms with van der Waals surface area (Å²) >= 11 is 0. The number of carbonyl (C=O) groups excluding carboxylic acids is 3. The summed E-state index contributed by atoms with van der Waals surface area (Å²) in [5.41, 5.74) is 0. The fraction of sp³-hybridized carbons (Fsp3) is 0.824. The molecule has 0 aromatic heterocycles. The molecule has 130 valence electrons. The van der Waals surface area contributed by atoms with E-state index in [-0.39, 0.29) is 35.9 Å². The molecule has 2 aliphatic carbocycles. The van der Waals surface area contributed by atoms with Gasteiger partial charge in [-0.2, -0.15) is 0 Å². The Balaban J connectivity index is 1.22. The summed E-state index contributed by atoms with van der Waals surface area (Å²) in [5.74, 6) is -0.525. The minimum atomic E-state index is -0.428. The van der Waals surface area contributed by atoms with E-state index in [1.54, 1.807) is 0 Å². The Kier molecular flexibility index (Phi) is 3.25. The quantitative estimate of drug-likeness (QED) is 0.701. The van der Waals surface area contributed by atoms with Crippen molar-refractivity contribution in [2.45, 2.75) is 62.9 Å². The zero-order chi connectivity index (χ0) is 16.4. The normalized spacial score (nSPS) is 43.2. The molecule has 6 atom stereocenters. The van der Waals surface area contributed by atoms with Gasteiger partial charge in [-0.25, -0.2) is 4.79 Å². The molecular weight excluding hydrogens is 312 g/mol. The van der Waals surface area contributed by atoms with Crippen molar-refractivity contribution in [2.75, 3.05) is 13.1 Å². The Morgan fingerprint density at radius 3 is 1.62 bits per heavy atom. The number of epoxide rings is 2. The van der Waals surface area contributed by atoms with E-state index in [0.717, 1.165) is 25.7 Å². The zero-order valence-electron chi connectivity index (χ0n) is 13.6. The Morgan fingerprint density at radius 2 is 1.21 bits per heavy atom. The Hall–Kier alpha value is -1.47. The molecular formula is C17H22N2O5. The number of imide groups is 2. The number of ether oxygens (including phenoxy) is 2. The van der Waals surface area contributed by atoms with E-state index in [0.29, 0.717) is 38.1 Å². The SMILES string of the molecule is O=C([C@@H]1CC[C@H]2O[C@@H]2C1)N1CCN(C(=O)[C@H]2CC[C@@H]3O[C@@H]3C2)C1=O. The van der Waals surface area contributed by atoms with Crippen LogP contribution in [0.4, 0.5) is 4.79 Å². The van der Waals surface area contributed by atoms with Crippen LogP contribution < -0.4 is 0 Å². The van der Waals surface area contributed by atoms with Gasteiger partial charge in [0.2, 0.25) is 11.8 Å². The predicted octanol–water partition coefficient (Wildman–Crippen LogP) is 0.912. The molecule has 0 radical (unpaired) electrons. The monoisotopic (exact) mass is 334 g/mol. The molecule has 2 saturated carbocycles. The standard InChI is InChI=1S/C17H22N2O5/c20-15(9-1-3-11-13(7-9)23-11)18-5-6-19(17(18)22)16(21)10-2-4-12-14(8-10)24-12/h9-14H,1-8H2/t9-,10+,11-,12+,13-,14-/m1/s1. The molecule has 7 nitrogen and oxygen atoms in total. The average Bonchev–Trinajstić information content (AvgIpc) is 3.49. The summed E-state index contributed by atoms with van der Waals surface area (Å²) in [5, 5.41) is 0. The second kappa shape index (κ2) is 5.26. The van der Waals surface area contributed by atoms with Crippen molar-refractivity contribution in [3.05, 3.63) is 0 Å². The lowest BCUT2D eigenvalue weighted by atomic mass is 9.88. The molecule has 0 aromatic rings. The smallest absolute Gasteiger partial charge is 0.333 e. The highest BCUT2D eigenvalue weighted by Crippen LogP contribution is 2.41. The van der Waals surface area contributed by atoms with E-state index >= 15 is 0 Å². The first-order chi connectivity index (χ1) is 11.6. The van der Waals surface area contributed by atoms with Crippen molar-refractivity contribution in [3.63, 3.8) is 0 Å². The van der Waals surface area contributed by atoms with Crippen LogP contribution in [0.5, 0.6) is 0 Å². The summed E-state index contributed by atoms with van der Waals surface area (Å²) in [6.07, 6.45) is 5.86. The maximum absolute atomic E-state index is 12.7. The van der Waals surface area contributed by atoms with E-state index in [2.05, 4.69) is 0 Å². The molecule has 5 fully saturated rings. The third kappa shape index (κ3) is 2.37.